The number of carbonyl (C=O) groups is 2. The van der Waals surface area contributed by atoms with Crippen molar-refractivity contribution in [2.75, 3.05) is 23.7 Å². The number of unbranched alkanes of at least 4 members (excludes halogenated alkanes) is 1. The molecule has 7 nitrogen and oxygen atoms in total. The van der Waals surface area contributed by atoms with E-state index in [1.807, 2.05) is 13.8 Å². The van der Waals surface area contributed by atoms with E-state index in [9.17, 15) is 18.0 Å². The molecule has 0 fully saturated rings. The van der Waals surface area contributed by atoms with E-state index < -0.39 is 16.1 Å². The summed E-state index contributed by atoms with van der Waals surface area (Å²) in [4.78, 5) is 28.1. The Morgan fingerprint density at radius 1 is 1.00 bits per heavy atom. The quantitative estimate of drug-likeness (QED) is 0.259. The van der Waals surface area contributed by atoms with Gasteiger partial charge in [-0.1, -0.05) is 67.2 Å². The second kappa shape index (κ2) is 15.0. The highest BCUT2D eigenvalue weighted by molar-refractivity contribution is 7.92. The van der Waals surface area contributed by atoms with Gasteiger partial charge in [0.05, 0.1) is 22.0 Å². The second-order valence-corrected chi connectivity index (χ2v) is 12.3. The molecule has 0 radical (unpaired) electrons. The van der Waals surface area contributed by atoms with Crippen LogP contribution in [-0.4, -0.2) is 50.5 Å². The van der Waals surface area contributed by atoms with Crippen molar-refractivity contribution in [3.05, 3.63) is 62.6 Å². The van der Waals surface area contributed by atoms with Gasteiger partial charge in [0.1, 0.15) is 6.04 Å². The molecule has 0 saturated heterocycles. The van der Waals surface area contributed by atoms with E-state index >= 15 is 0 Å². The maximum Gasteiger partial charge on any atom is 0.242 e. The van der Waals surface area contributed by atoms with Crippen molar-refractivity contribution in [2.24, 2.45) is 0 Å². The van der Waals surface area contributed by atoms with Gasteiger partial charge in [-0.15, -0.1) is 0 Å². The van der Waals surface area contributed by atoms with E-state index in [2.05, 4.69) is 5.32 Å². The van der Waals surface area contributed by atoms with Crippen molar-refractivity contribution in [3.8, 4) is 0 Å². The lowest BCUT2D eigenvalue weighted by Crippen LogP contribution is -2.49. The highest BCUT2D eigenvalue weighted by Crippen LogP contribution is 2.29. The molecule has 2 rings (SSSR count). The van der Waals surface area contributed by atoms with Crippen LogP contribution in [0.15, 0.2) is 36.4 Å². The third-order valence-corrected chi connectivity index (χ3v) is 8.54. The number of nitrogens with zero attached hydrogens (tertiary/aromatic N) is 2. The number of sulfonamides is 1. The average molecular weight is 605 g/mol. The number of hydrogen-bond donors (Lipinski definition) is 1. The van der Waals surface area contributed by atoms with Crippen molar-refractivity contribution in [1.82, 2.24) is 10.2 Å². The molecule has 1 unspecified atom stereocenters. The minimum Gasteiger partial charge on any atom is -0.354 e. The average Bonchev–Trinajstić information content (AvgIpc) is 2.85. The molecule has 0 aliphatic heterocycles. The standard InChI is InChI=1S/C27H36Cl3N3O4S/c1-5-7-15-31-27(35)24(6-2)32(18-20-13-14-22(29)23(30)17-20)26(34)12-9-16-33(38(4,36)37)25-11-8-10-21(28)19(25)3/h8,10-11,13-14,17,24H,5-7,9,12,15-16,18H2,1-4H3,(H,31,35). The molecule has 1 atom stereocenters. The van der Waals surface area contributed by atoms with Crippen LogP contribution in [0.3, 0.4) is 0 Å². The summed E-state index contributed by atoms with van der Waals surface area (Å²) in [5.41, 5.74) is 1.85. The normalized spacial score (nSPS) is 12.2. The highest BCUT2D eigenvalue weighted by atomic mass is 35.5. The Bertz CT molecular complexity index is 1220. The Balaban J connectivity index is 2.26. The number of amides is 2. The van der Waals surface area contributed by atoms with Gasteiger partial charge in [-0.05, 0) is 61.6 Å². The molecule has 0 aliphatic carbocycles. The van der Waals surface area contributed by atoms with E-state index in [0.717, 1.165) is 24.7 Å². The van der Waals surface area contributed by atoms with Crippen molar-refractivity contribution < 1.29 is 18.0 Å². The molecule has 210 valence electrons. The molecule has 1 N–H and O–H groups in total. The van der Waals surface area contributed by atoms with E-state index in [0.29, 0.717) is 39.3 Å². The number of halogens is 3. The Labute approximate surface area is 241 Å². The molecule has 2 aromatic rings. The summed E-state index contributed by atoms with van der Waals surface area (Å²) >= 11 is 18.5. The first-order valence-corrected chi connectivity index (χ1v) is 15.6. The molecular formula is C27H36Cl3N3O4S. The number of rotatable bonds is 14. The molecule has 0 saturated carbocycles. The van der Waals surface area contributed by atoms with Gasteiger partial charge in [0.25, 0.3) is 0 Å². The molecule has 0 aliphatic rings. The first-order chi connectivity index (χ1) is 17.9. The summed E-state index contributed by atoms with van der Waals surface area (Å²) in [7, 11) is -3.62. The zero-order chi connectivity index (χ0) is 28.5. The van der Waals surface area contributed by atoms with Crippen LogP contribution in [0.5, 0.6) is 0 Å². The Kier molecular flexibility index (Phi) is 12.7. The lowest BCUT2D eigenvalue weighted by atomic mass is 10.1. The van der Waals surface area contributed by atoms with Gasteiger partial charge in [-0.3, -0.25) is 13.9 Å². The van der Waals surface area contributed by atoms with Crippen molar-refractivity contribution >= 4 is 62.3 Å². The zero-order valence-electron chi connectivity index (χ0n) is 22.3. The van der Waals surface area contributed by atoms with Gasteiger partial charge in [-0.25, -0.2) is 8.42 Å². The Hall–Kier alpha value is -2.00. The van der Waals surface area contributed by atoms with E-state index in [1.54, 1.807) is 43.3 Å². The minimum absolute atomic E-state index is 0.0473. The van der Waals surface area contributed by atoms with Crippen molar-refractivity contribution in [1.29, 1.82) is 0 Å². The zero-order valence-corrected chi connectivity index (χ0v) is 25.4. The third-order valence-electron chi connectivity index (χ3n) is 6.21. The highest BCUT2D eigenvalue weighted by Gasteiger charge is 2.29. The van der Waals surface area contributed by atoms with Gasteiger partial charge in [0.15, 0.2) is 0 Å². The first kappa shape index (κ1) is 32.2. The SMILES string of the molecule is CCCCNC(=O)C(CC)N(Cc1ccc(Cl)c(Cl)c1)C(=O)CCCN(c1cccc(Cl)c1C)S(C)(=O)=O. The largest absolute Gasteiger partial charge is 0.354 e. The molecule has 11 heteroatoms. The molecule has 0 aromatic heterocycles. The topological polar surface area (TPSA) is 86.8 Å². The summed E-state index contributed by atoms with van der Waals surface area (Å²) in [6.07, 6.45) is 3.62. The lowest BCUT2D eigenvalue weighted by Gasteiger charge is -2.31. The fraction of sp³-hybridized carbons (Fsp3) is 0.481. The van der Waals surface area contributed by atoms with Crippen LogP contribution in [0.2, 0.25) is 15.1 Å². The molecule has 2 aromatic carbocycles. The summed E-state index contributed by atoms with van der Waals surface area (Å²) in [5, 5.41) is 4.14. The number of carbonyl (C=O) groups excluding carboxylic acids is 2. The van der Waals surface area contributed by atoms with Crippen LogP contribution < -0.4 is 9.62 Å². The van der Waals surface area contributed by atoms with Crippen LogP contribution in [0.1, 0.15) is 57.1 Å². The smallest absolute Gasteiger partial charge is 0.242 e. The fourth-order valence-electron chi connectivity index (χ4n) is 4.11. The van der Waals surface area contributed by atoms with Crippen LogP contribution in [-0.2, 0) is 26.2 Å². The van der Waals surface area contributed by atoms with Gasteiger partial charge >= 0.3 is 0 Å². The van der Waals surface area contributed by atoms with Gasteiger partial charge in [0.2, 0.25) is 21.8 Å². The van der Waals surface area contributed by atoms with Gasteiger partial charge < -0.3 is 10.2 Å². The van der Waals surface area contributed by atoms with Crippen LogP contribution in [0, 0.1) is 6.92 Å². The molecule has 38 heavy (non-hydrogen) atoms. The Morgan fingerprint density at radius 2 is 1.71 bits per heavy atom. The maximum absolute atomic E-state index is 13.5. The molecule has 0 bridgehead atoms. The monoisotopic (exact) mass is 603 g/mol. The summed E-state index contributed by atoms with van der Waals surface area (Å²) in [6.45, 7) is 6.43. The predicted molar refractivity (Wildman–Crippen MR) is 157 cm³/mol. The van der Waals surface area contributed by atoms with Crippen molar-refractivity contribution in [2.45, 2.75) is 65.5 Å². The summed E-state index contributed by atoms with van der Waals surface area (Å²) in [5.74, 6) is -0.480. The molecule has 2 amide bonds. The van der Waals surface area contributed by atoms with E-state index in [-0.39, 0.29) is 37.7 Å². The minimum atomic E-state index is -3.62. The Morgan fingerprint density at radius 3 is 2.32 bits per heavy atom. The predicted octanol–water partition coefficient (Wildman–Crippen LogP) is 6.23. The van der Waals surface area contributed by atoms with E-state index in [4.69, 9.17) is 34.8 Å². The number of hydrogen-bond acceptors (Lipinski definition) is 4. The van der Waals surface area contributed by atoms with Crippen LogP contribution in [0.4, 0.5) is 5.69 Å². The summed E-state index contributed by atoms with van der Waals surface area (Å²) < 4.78 is 26.4. The molecular weight excluding hydrogens is 569 g/mol. The number of nitrogens with one attached hydrogen (secondary N) is 1. The molecule has 0 spiro atoms. The number of benzene rings is 2. The summed E-state index contributed by atoms with van der Waals surface area (Å²) in [6, 6.07) is 9.49. The van der Waals surface area contributed by atoms with Gasteiger partial charge in [-0.2, -0.15) is 0 Å². The molecule has 0 heterocycles. The maximum atomic E-state index is 13.5. The van der Waals surface area contributed by atoms with Crippen LogP contribution >= 0.6 is 34.8 Å². The van der Waals surface area contributed by atoms with Crippen molar-refractivity contribution in [3.63, 3.8) is 0 Å². The first-order valence-electron chi connectivity index (χ1n) is 12.6. The van der Waals surface area contributed by atoms with Gasteiger partial charge in [0, 0.05) is 31.1 Å². The van der Waals surface area contributed by atoms with E-state index in [1.165, 1.54) is 9.21 Å². The van der Waals surface area contributed by atoms with Crippen LogP contribution in [0.25, 0.3) is 0 Å². The third kappa shape index (κ3) is 9.04. The number of anilines is 1. The fourth-order valence-corrected chi connectivity index (χ4v) is 5.62. The second-order valence-electron chi connectivity index (χ2n) is 9.16. The lowest BCUT2D eigenvalue weighted by molar-refractivity contribution is -0.141.